The van der Waals surface area contributed by atoms with E-state index >= 15 is 0 Å². The van der Waals surface area contributed by atoms with Gasteiger partial charge < -0.3 is 10.1 Å². The van der Waals surface area contributed by atoms with Crippen molar-refractivity contribution in [2.24, 2.45) is 5.92 Å². The van der Waals surface area contributed by atoms with Crippen molar-refractivity contribution in [3.8, 4) is 0 Å². The van der Waals surface area contributed by atoms with Crippen molar-refractivity contribution in [1.82, 2.24) is 0 Å². The molecule has 0 aromatic heterocycles. The molecular formula is C17H25NO2. The minimum atomic E-state index is -0.536. The molecule has 2 unspecified atom stereocenters. The van der Waals surface area contributed by atoms with E-state index in [0.29, 0.717) is 12.5 Å². The van der Waals surface area contributed by atoms with Crippen LogP contribution in [0.1, 0.15) is 45.1 Å². The van der Waals surface area contributed by atoms with Crippen molar-refractivity contribution < 1.29 is 9.53 Å². The molecule has 1 aliphatic rings. The first kappa shape index (κ1) is 14.9. The molecule has 3 heteroatoms. The molecule has 0 radical (unpaired) electrons. The van der Waals surface area contributed by atoms with Crippen LogP contribution in [-0.4, -0.2) is 18.1 Å². The Balaban J connectivity index is 2.19. The summed E-state index contributed by atoms with van der Waals surface area (Å²) in [5.74, 6) is 0.508. The molecule has 0 aliphatic heterocycles. The van der Waals surface area contributed by atoms with Gasteiger partial charge in [0.2, 0.25) is 0 Å². The Bertz CT molecular complexity index is 455. The lowest BCUT2D eigenvalue weighted by atomic mass is 9.94. The van der Waals surface area contributed by atoms with E-state index in [4.69, 9.17) is 4.74 Å². The SMILES string of the molecule is CCOC(=O)C1(Nc2ccc(C)cc2)CCC(CC)C1. The molecule has 1 aromatic carbocycles. The maximum absolute atomic E-state index is 12.4. The summed E-state index contributed by atoms with van der Waals surface area (Å²) in [5, 5.41) is 3.46. The zero-order valence-electron chi connectivity index (χ0n) is 12.7. The van der Waals surface area contributed by atoms with Crippen molar-refractivity contribution >= 4 is 11.7 Å². The predicted molar refractivity (Wildman–Crippen MR) is 81.8 cm³/mol. The molecule has 110 valence electrons. The van der Waals surface area contributed by atoms with Gasteiger partial charge in [0, 0.05) is 5.69 Å². The fraction of sp³-hybridized carbons (Fsp3) is 0.588. The number of nitrogens with one attached hydrogen (secondary N) is 1. The van der Waals surface area contributed by atoms with Crippen LogP contribution in [0.5, 0.6) is 0 Å². The van der Waals surface area contributed by atoms with Gasteiger partial charge >= 0.3 is 5.97 Å². The number of anilines is 1. The Morgan fingerprint density at radius 3 is 2.60 bits per heavy atom. The van der Waals surface area contributed by atoms with Crippen molar-refractivity contribution in [1.29, 1.82) is 0 Å². The van der Waals surface area contributed by atoms with Crippen LogP contribution in [0.15, 0.2) is 24.3 Å². The van der Waals surface area contributed by atoms with E-state index in [2.05, 4.69) is 31.3 Å². The molecule has 1 N–H and O–H groups in total. The maximum Gasteiger partial charge on any atom is 0.331 e. The molecule has 1 aromatic rings. The molecular weight excluding hydrogens is 250 g/mol. The zero-order valence-corrected chi connectivity index (χ0v) is 12.7. The number of rotatable bonds is 5. The van der Waals surface area contributed by atoms with E-state index in [9.17, 15) is 4.79 Å². The second-order valence-corrected chi connectivity index (χ2v) is 5.81. The standard InChI is InChI=1S/C17H25NO2/c1-4-14-10-11-17(12-14,16(19)20-5-2)18-15-8-6-13(3)7-9-15/h6-9,14,18H,4-5,10-12H2,1-3H3. The first-order valence-electron chi connectivity index (χ1n) is 7.61. The first-order chi connectivity index (χ1) is 9.59. The monoisotopic (exact) mass is 275 g/mol. The van der Waals surface area contributed by atoms with Gasteiger partial charge in [-0.2, -0.15) is 0 Å². The molecule has 0 amide bonds. The summed E-state index contributed by atoms with van der Waals surface area (Å²) in [6, 6.07) is 8.20. The van der Waals surface area contributed by atoms with Gasteiger partial charge in [-0.05, 0) is 51.2 Å². The average Bonchev–Trinajstić information content (AvgIpc) is 2.86. The maximum atomic E-state index is 12.4. The molecule has 2 atom stereocenters. The number of esters is 1. The van der Waals surface area contributed by atoms with Crippen LogP contribution in [0.25, 0.3) is 0 Å². The lowest BCUT2D eigenvalue weighted by Gasteiger charge is -2.29. The molecule has 20 heavy (non-hydrogen) atoms. The Labute approximate surface area is 121 Å². The summed E-state index contributed by atoms with van der Waals surface area (Å²) in [5.41, 5.74) is 1.69. The summed E-state index contributed by atoms with van der Waals surface area (Å²) in [7, 11) is 0. The summed E-state index contributed by atoms with van der Waals surface area (Å²) < 4.78 is 5.32. The third kappa shape index (κ3) is 3.14. The van der Waals surface area contributed by atoms with E-state index in [1.165, 1.54) is 5.56 Å². The van der Waals surface area contributed by atoms with E-state index in [0.717, 1.165) is 31.4 Å². The highest BCUT2D eigenvalue weighted by atomic mass is 16.5. The minimum Gasteiger partial charge on any atom is -0.464 e. The molecule has 0 saturated heterocycles. The average molecular weight is 275 g/mol. The van der Waals surface area contributed by atoms with Crippen LogP contribution in [-0.2, 0) is 9.53 Å². The van der Waals surface area contributed by atoms with Crippen molar-refractivity contribution in [2.45, 2.75) is 52.0 Å². The molecule has 0 heterocycles. The third-order valence-electron chi connectivity index (χ3n) is 4.30. The van der Waals surface area contributed by atoms with Crippen molar-refractivity contribution in [2.75, 3.05) is 11.9 Å². The number of ether oxygens (including phenoxy) is 1. The third-order valence-corrected chi connectivity index (χ3v) is 4.30. The van der Waals surface area contributed by atoms with Gasteiger partial charge in [-0.15, -0.1) is 0 Å². The summed E-state index contributed by atoms with van der Waals surface area (Å²) >= 11 is 0. The van der Waals surface area contributed by atoms with E-state index in [1.54, 1.807) is 0 Å². The summed E-state index contributed by atoms with van der Waals surface area (Å²) in [4.78, 5) is 12.4. The fourth-order valence-corrected chi connectivity index (χ4v) is 3.03. The zero-order chi connectivity index (χ0) is 14.6. The lowest BCUT2D eigenvalue weighted by Crippen LogP contribution is -2.45. The highest BCUT2D eigenvalue weighted by molar-refractivity contribution is 5.85. The van der Waals surface area contributed by atoms with Crippen LogP contribution < -0.4 is 5.32 Å². The topological polar surface area (TPSA) is 38.3 Å². The quantitative estimate of drug-likeness (QED) is 0.828. The molecule has 1 saturated carbocycles. The molecule has 1 fully saturated rings. The molecule has 0 bridgehead atoms. The lowest BCUT2D eigenvalue weighted by molar-refractivity contribution is -0.148. The number of carbonyl (C=O) groups is 1. The van der Waals surface area contributed by atoms with Gasteiger partial charge in [-0.25, -0.2) is 4.79 Å². The Morgan fingerprint density at radius 1 is 1.35 bits per heavy atom. The Kier molecular flexibility index (Phi) is 4.69. The van der Waals surface area contributed by atoms with Gasteiger partial charge in [0.1, 0.15) is 5.54 Å². The van der Waals surface area contributed by atoms with E-state index in [-0.39, 0.29) is 5.97 Å². The summed E-state index contributed by atoms with van der Waals surface area (Å²) in [6.45, 7) is 6.56. The Hall–Kier alpha value is -1.51. The normalized spacial score (nSPS) is 25.4. The van der Waals surface area contributed by atoms with Crippen LogP contribution in [0.2, 0.25) is 0 Å². The smallest absolute Gasteiger partial charge is 0.331 e. The van der Waals surface area contributed by atoms with Gasteiger partial charge in [-0.1, -0.05) is 31.0 Å². The van der Waals surface area contributed by atoms with Gasteiger partial charge in [0.15, 0.2) is 0 Å². The van der Waals surface area contributed by atoms with Crippen LogP contribution in [0.3, 0.4) is 0 Å². The first-order valence-corrected chi connectivity index (χ1v) is 7.61. The number of aryl methyl sites for hydroxylation is 1. The fourth-order valence-electron chi connectivity index (χ4n) is 3.03. The Morgan fingerprint density at radius 2 is 2.05 bits per heavy atom. The van der Waals surface area contributed by atoms with Crippen LogP contribution in [0.4, 0.5) is 5.69 Å². The van der Waals surface area contributed by atoms with Gasteiger partial charge in [0.05, 0.1) is 6.61 Å². The van der Waals surface area contributed by atoms with Crippen LogP contribution in [0, 0.1) is 12.8 Å². The number of benzene rings is 1. The van der Waals surface area contributed by atoms with Crippen LogP contribution >= 0.6 is 0 Å². The molecule has 3 nitrogen and oxygen atoms in total. The molecule has 1 aliphatic carbocycles. The van der Waals surface area contributed by atoms with Crippen molar-refractivity contribution in [3.63, 3.8) is 0 Å². The van der Waals surface area contributed by atoms with Crippen molar-refractivity contribution in [3.05, 3.63) is 29.8 Å². The highest BCUT2D eigenvalue weighted by Gasteiger charge is 2.46. The molecule has 0 spiro atoms. The number of carbonyl (C=O) groups excluding carboxylic acids is 1. The number of hydrogen-bond donors (Lipinski definition) is 1. The second kappa shape index (κ2) is 6.29. The van der Waals surface area contributed by atoms with E-state index in [1.807, 2.05) is 19.1 Å². The predicted octanol–water partition coefficient (Wildman–Crippen LogP) is 3.92. The van der Waals surface area contributed by atoms with E-state index < -0.39 is 5.54 Å². The highest BCUT2D eigenvalue weighted by Crippen LogP contribution is 2.39. The largest absolute Gasteiger partial charge is 0.464 e. The number of hydrogen-bond acceptors (Lipinski definition) is 3. The van der Waals surface area contributed by atoms with Gasteiger partial charge in [0.25, 0.3) is 0 Å². The molecule has 2 rings (SSSR count). The van der Waals surface area contributed by atoms with Gasteiger partial charge in [-0.3, -0.25) is 0 Å². The second-order valence-electron chi connectivity index (χ2n) is 5.81. The minimum absolute atomic E-state index is 0.100. The summed E-state index contributed by atoms with van der Waals surface area (Å²) in [6.07, 6.45) is 3.94.